The largest absolute Gasteiger partial charge is 0.392 e. The summed E-state index contributed by atoms with van der Waals surface area (Å²) in [4.78, 5) is 8.36. The van der Waals surface area contributed by atoms with Gasteiger partial charge >= 0.3 is 0 Å². The third-order valence-electron chi connectivity index (χ3n) is 2.00. The zero-order valence-electron chi connectivity index (χ0n) is 7.89. The van der Waals surface area contributed by atoms with Crippen LogP contribution in [0.15, 0.2) is 41.1 Å². The lowest BCUT2D eigenvalue weighted by Crippen LogP contribution is -1.92. The van der Waals surface area contributed by atoms with E-state index in [1.807, 2.05) is 24.3 Å². The van der Waals surface area contributed by atoms with Crippen molar-refractivity contribution in [2.45, 2.75) is 6.61 Å². The molecule has 1 aromatic heterocycles. The fourth-order valence-electron chi connectivity index (χ4n) is 1.22. The average Bonchev–Trinajstić information content (AvgIpc) is 2.30. The van der Waals surface area contributed by atoms with Crippen molar-refractivity contribution in [2.75, 3.05) is 0 Å². The van der Waals surface area contributed by atoms with Gasteiger partial charge in [-0.15, -0.1) is 0 Å². The second-order valence-electron chi connectivity index (χ2n) is 3.05. The number of hydrogen-bond donors (Lipinski definition) is 1. The Kier molecular flexibility index (Phi) is 3.08. The van der Waals surface area contributed by atoms with Crippen LogP contribution in [-0.2, 0) is 6.61 Å². The maximum Gasteiger partial charge on any atom is 0.160 e. The van der Waals surface area contributed by atoms with E-state index in [2.05, 4.69) is 25.9 Å². The SMILES string of the molecule is OCc1cnc(-c2ccccc2Br)nc1. The van der Waals surface area contributed by atoms with Crippen LogP contribution in [0.25, 0.3) is 11.4 Å². The fourth-order valence-corrected chi connectivity index (χ4v) is 1.68. The van der Waals surface area contributed by atoms with E-state index in [-0.39, 0.29) is 6.61 Å². The van der Waals surface area contributed by atoms with E-state index < -0.39 is 0 Å². The highest BCUT2D eigenvalue weighted by molar-refractivity contribution is 9.10. The molecular weight excluding hydrogens is 256 g/mol. The van der Waals surface area contributed by atoms with Gasteiger partial charge in [0.05, 0.1) is 6.61 Å². The first-order chi connectivity index (χ1) is 7.31. The standard InChI is InChI=1S/C11H9BrN2O/c12-10-4-2-1-3-9(10)11-13-5-8(7-15)6-14-11/h1-6,15H,7H2. The molecule has 2 aromatic rings. The van der Waals surface area contributed by atoms with E-state index in [1.165, 1.54) is 0 Å². The van der Waals surface area contributed by atoms with E-state index >= 15 is 0 Å². The molecule has 4 heteroatoms. The Morgan fingerprint density at radius 1 is 1.13 bits per heavy atom. The number of nitrogens with zero attached hydrogens (tertiary/aromatic N) is 2. The van der Waals surface area contributed by atoms with Crippen LogP contribution in [0.5, 0.6) is 0 Å². The topological polar surface area (TPSA) is 46.0 Å². The van der Waals surface area contributed by atoms with Crippen LogP contribution in [-0.4, -0.2) is 15.1 Å². The van der Waals surface area contributed by atoms with Crippen molar-refractivity contribution < 1.29 is 5.11 Å². The fraction of sp³-hybridized carbons (Fsp3) is 0.0909. The summed E-state index contributed by atoms with van der Waals surface area (Å²) in [5.41, 5.74) is 1.66. The molecule has 1 aromatic carbocycles. The van der Waals surface area contributed by atoms with Crippen LogP contribution < -0.4 is 0 Å². The Labute approximate surface area is 96.0 Å². The monoisotopic (exact) mass is 264 g/mol. The minimum absolute atomic E-state index is 0.0315. The first-order valence-corrected chi connectivity index (χ1v) is 5.27. The highest BCUT2D eigenvalue weighted by Gasteiger charge is 2.04. The van der Waals surface area contributed by atoms with E-state index in [9.17, 15) is 0 Å². The van der Waals surface area contributed by atoms with E-state index in [1.54, 1.807) is 12.4 Å². The van der Waals surface area contributed by atoms with Crippen LogP contribution in [0.4, 0.5) is 0 Å². The lowest BCUT2D eigenvalue weighted by Gasteiger charge is -2.02. The molecule has 76 valence electrons. The molecule has 0 bridgehead atoms. The van der Waals surface area contributed by atoms with Gasteiger partial charge in [-0.3, -0.25) is 0 Å². The van der Waals surface area contributed by atoms with Crippen molar-refractivity contribution in [2.24, 2.45) is 0 Å². The number of hydrogen-bond acceptors (Lipinski definition) is 3. The van der Waals surface area contributed by atoms with E-state index in [0.29, 0.717) is 11.4 Å². The van der Waals surface area contributed by atoms with Gasteiger partial charge in [0.15, 0.2) is 5.82 Å². The zero-order chi connectivity index (χ0) is 10.7. The summed E-state index contributed by atoms with van der Waals surface area (Å²) in [5.74, 6) is 0.652. The Morgan fingerprint density at radius 3 is 2.40 bits per heavy atom. The molecule has 15 heavy (non-hydrogen) atoms. The Hall–Kier alpha value is -1.26. The summed E-state index contributed by atoms with van der Waals surface area (Å²) in [6.07, 6.45) is 3.25. The number of aliphatic hydroxyl groups excluding tert-OH is 1. The summed E-state index contributed by atoms with van der Waals surface area (Å²) >= 11 is 3.44. The molecule has 0 saturated carbocycles. The highest BCUT2D eigenvalue weighted by Crippen LogP contribution is 2.24. The predicted molar refractivity (Wildman–Crippen MR) is 61.1 cm³/mol. The van der Waals surface area contributed by atoms with E-state index in [0.717, 1.165) is 10.0 Å². The predicted octanol–water partition coefficient (Wildman–Crippen LogP) is 2.40. The maximum atomic E-state index is 8.86. The molecule has 0 saturated heterocycles. The van der Waals surface area contributed by atoms with Gasteiger partial charge in [0.25, 0.3) is 0 Å². The van der Waals surface area contributed by atoms with Crippen LogP contribution in [0.1, 0.15) is 5.56 Å². The van der Waals surface area contributed by atoms with Gasteiger partial charge in [-0.25, -0.2) is 9.97 Å². The van der Waals surface area contributed by atoms with Gasteiger partial charge < -0.3 is 5.11 Å². The van der Waals surface area contributed by atoms with Crippen molar-refractivity contribution in [3.8, 4) is 11.4 Å². The summed E-state index contributed by atoms with van der Waals surface area (Å²) < 4.78 is 0.960. The average molecular weight is 265 g/mol. The van der Waals surface area contributed by atoms with Crippen molar-refractivity contribution in [3.63, 3.8) is 0 Å². The van der Waals surface area contributed by atoms with Crippen LogP contribution in [0, 0.1) is 0 Å². The highest BCUT2D eigenvalue weighted by atomic mass is 79.9. The van der Waals surface area contributed by atoms with Gasteiger partial charge in [-0.2, -0.15) is 0 Å². The quantitative estimate of drug-likeness (QED) is 0.906. The molecule has 1 heterocycles. The zero-order valence-corrected chi connectivity index (χ0v) is 9.48. The molecule has 0 atom stereocenters. The van der Waals surface area contributed by atoms with E-state index in [4.69, 9.17) is 5.11 Å². The number of halogens is 1. The summed E-state index contributed by atoms with van der Waals surface area (Å²) in [6.45, 7) is -0.0315. The molecule has 1 N–H and O–H groups in total. The van der Waals surface area contributed by atoms with Gasteiger partial charge in [0.1, 0.15) is 0 Å². The number of aromatic nitrogens is 2. The molecule has 0 unspecified atom stereocenters. The van der Waals surface area contributed by atoms with Crippen molar-refractivity contribution in [1.82, 2.24) is 9.97 Å². The van der Waals surface area contributed by atoms with Gasteiger partial charge in [-0.1, -0.05) is 34.1 Å². The normalized spacial score (nSPS) is 10.3. The summed E-state index contributed by atoms with van der Waals surface area (Å²) in [6, 6.07) is 7.76. The van der Waals surface area contributed by atoms with Crippen LogP contribution in [0.3, 0.4) is 0 Å². The number of aliphatic hydroxyl groups is 1. The number of benzene rings is 1. The molecule has 0 aliphatic carbocycles. The second-order valence-corrected chi connectivity index (χ2v) is 3.91. The molecular formula is C11H9BrN2O. The second kappa shape index (κ2) is 4.51. The third kappa shape index (κ3) is 2.22. The molecule has 0 amide bonds. The minimum Gasteiger partial charge on any atom is -0.392 e. The van der Waals surface area contributed by atoms with Crippen LogP contribution in [0.2, 0.25) is 0 Å². The molecule has 0 fully saturated rings. The Bertz CT molecular complexity index is 456. The van der Waals surface area contributed by atoms with Crippen molar-refractivity contribution in [1.29, 1.82) is 0 Å². The Morgan fingerprint density at radius 2 is 1.80 bits per heavy atom. The van der Waals surface area contributed by atoms with Crippen molar-refractivity contribution in [3.05, 3.63) is 46.7 Å². The molecule has 0 aliphatic rings. The maximum absolute atomic E-state index is 8.86. The third-order valence-corrected chi connectivity index (χ3v) is 2.69. The first-order valence-electron chi connectivity index (χ1n) is 4.48. The lowest BCUT2D eigenvalue weighted by molar-refractivity contribution is 0.281. The molecule has 3 nitrogen and oxygen atoms in total. The molecule has 0 radical (unpaired) electrons. The van der Waals surface area contributed by atoms with Crippen molar-refractivity contribution >= 4 is 15.9 Å². The van der Waals surface area contributed by atoms with Gasteiger partial charge in [0, 0.05) is 28.0 Å². The lowest BCUT2D eigenvalue weighted by atomic mass is 10.2. The van der Waals surface area contributed by atoms with Gasteiger partial charge in [-0.05, 0) is 6.07 Å². The first kappa shape index (κ1) is 10.3. The molecule has 0 spiro atoms. The minimum atomic E-state index is -0.0315. The molecule has 0 aliphatic heterocycles. The number of rotatable bonds is 2. The molecule has 2 rings (SSSR count). The smallest absolute Gasteiger partial charge is 0.160 e. The summed E-state index contributed by atoms with van der Waals surface area (Å²) in [5, 5.41) is 8.86. The van der Waals surface area contributed by atoms with Gasteiger partial charge in [0.2, 0.25) is 0 Å². The summed E-state index contributed by atoms with van der Waals surface area (Å²) in [7, 11) is 0. The van der Waals surface area contributed by atoms with Crippen LogP contribution >= 0.6 is 15.9 Å². The Balaban J connectivity index is 2.42.